The Labute approximate surface area is 144 Å². The van der Waals surface area contributed by atoms with Gasteiger partial charge in [0.05, 0.1) is 18.8 Å². The number of nitrogens with two attached hydrogens (primary N) is 1. The van der Waals surface area contributed by atoms with Crippen LogP contribution in [0.2, 0.25) is 0 Å². The van der Waals surface area contributed by atoms with Crippen molar-refractivity contribution in [2.24, 2.45) is 11.7 Å². The molecular formula is C17H27ClN2O3. The van der Waals surface area contributed by atoms with Crippen LogP contribution in [0.1, 0.15) is 37.0 Å². The van der Waals surface area contributed by atoms with E-state index in [9.17, 15) is 4.79 Å². The van der Waals surface area contributed by atoms with Gasteiger partial charge < -0.3 is 20.1 Å². The third-order valence-corrected chi connectivity index (χ3v) is 4.00. The maximum absolute atomic E-state index is 12.7. The largest absolute Gasteiger partial charge is 0.490 e. The Morgan fingerprint density at radius 2 is 2.00 bits per heavy atom. The number of amides is 1. The van der Waals surface area contributed by atoms with Gasteiger partial charge in [-0.25, -0.2) is 0 Å². The van der Waals surface area contributed by atoms with E-state index in [0.717, 1.165) is 12.8 Å². The molecule has 0 saturated heterocycles. The summed E-state index contributed by atoms with van der Waals surface area (Å²) in [5.74, 6) is 1.56. The fourth-order valence-electron chi connectivity index (χ4n) is 2.35. The van der Waals surface area contributed by atoms with Crippen molar-refractivity contribution >= 4 is 18.3 Å². The Bertz CT molecular complexity index is 523. The summed E-state index contributed by atoms with van der Waals surface area (Å²) in [6.45, 7) is 6.00. The first-order chi connectivity index (χ1) is 10.5. The molecule has 1 aromatic rings. The average molecular weight is 343 g/mol. The molecule has 1 aliphatic rings. The summed E-state index contributed by atoms with van der Waals surface area (Å²) < 4.78 is 11.4. The van der Waals surface area contributed by atoms with E-state index in [1.807, 2.05) is 12.1 Å². The van der Waals surface area contributed by atoms with Crippen molar-refractivity contribution in [3.8, 4) is 11.5 Å². The average Bonchev–Trinajstić information content (AvgIpc) is 2.76. The number of para-hydroxylation sites is 1. The third kappa shape index (κ3) is 5.01. The highest BCUT2D eigenvalue weighted by Crippen LogP contribution is 2.33. The molecule has 1 atom stereocenters. The monoisotopic (exact) mass is 342 g/mol. The predicted molar refractivity (Wildman–Crippen MR) is 93.7 cm³/mol. The summed E-state index contributed by atoms with van der Waals surface area (Å²) in [4.78, 5) is 14.4. The molecule has 0 aliphatic carbocycles. The molecular weight excluding hydrogens is 316 g/mol. The zero-order chi connectivity index (χ0) is 16.1. The fourth-order valence-corrected chi connectivity index (χ4v) is 2.35. The zero-order valence-electron chi connectivity index (χ0n) is 14.1. The molecule has 6 heteroatoms. The highest BCUT2D eigenvalue weighted by atomic mass is 35.5. The second-order valence-corrected chi connectivity index (χ2v) is 6.11. The minimum atomic E-state index is -0.0571. The van der Waals surface area contributed by atoms with Gasteiger partial charge in [0, 0.05) is 26.1 Å². The van der Waals surface area contributed by atoms with Crippen molar-refractivity contribution in [3.05, 3.63) is 23.8 Å². The van der Waals surface area contributed by atoms with Crippen LogP contribution in [0, 0.1) is 5.92 Å². The van der Waals surface area contributed by atoms with E-state index in [0.29, 0.717) is 42.7 Å². The molecule has 1 unspecified atom stereocenters. The van der Waals surface area contributed by atoms with Crippen molar-refractivity contribution in [2.75, 3.05) is 26.8 Å². The van der Waals surface area contributed by atoms with Gasteiger partial charge in [0.1, 0.15) is 0 Å². The van der Waals surface area contributed by atoms with E-state index in [2.05, 4.69) is 13.8 Å². The van der Waals surface area contributed by atoms with Crippen LogP contribution in [0.15, 0.2) is 18.2 Å². The second-order valence-electron chi connectivity index (χ2n) is 6.11. The number of nitrogens with zero attached hydrogens (tertiary/aromatic N) is 1. The van der Waals surface area contributed by atoms with Gasteiger partial charge in [-0.2, -0.15) is 0 Å². The van der Waals surface area contributed by atoms with Gasteiger partial charge in [0.25, 0.3) is 5.91 Å². The highest BCUT2D eigenvalue weighted by molar-refractivity contribution is 5.97. The fraction of sp³-hybridized carbons (Fsp3) is 0.588. The van der Waals surface area contributed by atoms with Crippen LogP contribution in [0.4, 0.5) is 0 Å². The normalized spacial score (nSPS) is 14.7. The molecule has 0 aromatic heterocycles. The van der Waals surface area contributed by atoms with Crippen LogP contribution in [0.25, 0.3) is 0 Å². The Morgan fingerprint density at radius 1 is 1.30 bits per heavy atom. The van der Waals surface area contributed by atoms with E-state index in [1.54, 1.807) is 18.0 Å². The molecule has 1 aromatic carbocycles. The Morgan fingerprint density at radius 3 is 2.70 bits per heavy atom. The molecule has 0 bridgehead atoms. The van der Waals surface area contributed by atoms with E-state index >= 15 is 0 Å². The lowest BCUT2D eigenvalue weighted by atomic mass is 10.0. The van der Waals surface area contributed by atoms with E-state index in [1.165, 1.54) is 0 Å². The van der Waals surface area contributed by atoms with Crippen molar-refractivity contribution in [2.45, 2.75) is 32.7 Å². The molecule has 1 amide bonds. The van der Waals surface area contributed by atoms with Crippen LogP contribution in [0.3, 0.4) is 0 Å². The molecule has 5 nitrogen and oxygen atoms in total. The quantitative estimate of drug-likeness (QED) is 0.893. The third-order valence-electron chi connectivity index (χ3n) is 4.00. The topological polar surface area (TPSA) is 64.8 Å². The number of halogens is 1. The van der Waals surface area contributed by atoms with Gasteiger partial charge in [0.2, 0.25) is 0 Å². The van der Waals surface area contributed by atoms with Gasteiger partial charge in [-0.1, -0.05) is 19.9 Å². The summed E-state index contributed by atoms with van der Waals surface area (Å²) in [5, 5.41) is 0. The molecule has 0 fully saturated rings. The van der Waals surface area contributed by atoms with Crippen molar-refractivity contribution in [1.29, 1.82) is 0 Å². The Kier molecular flexibility index (Phi) is 7.65. The maximum Gasteiger partial charge on any atom is 0.257 e. The van der Waals surface area contributed by atoms with E-state index in [4.69, 9.17) is 15.2 Å². The number of carbonyl (C=O) groups excluding carboxylic acids is 1. The highest BCUT2D eigenvalue weighted by Gasteiger charge is 2.22. The molecule has 2 N–H and O–H groups in total. The summed E-state index contributed by atoms with van der Waals surface area (Å²) in [7, 11) is 1.80. The minimum absolute atomic E-state index is 0. The van der Waals surface area contributed by atoms with Gasteiger partial charge >= 0.3 is 0 Å². The number of hydrogen-bond donors (Lipinski definition) is 1. The molecule has 23 heavy (non-hydrogen) atoms. The summed E-state index contributed by atoms with van der Waals surface area (Å²) in [6, 6.07) is 5.55. The van der Waals surface area contributed by atoms with Gasteiger partial charge in [0.15, 0.2) is 11.5 Å². The van der Waals surface area contributed by atoms with Crippen LogP contribution >= 0.6 is 12.4 Å². The maximum atomic E-state index is 12.7. The van der Waals surface area contributed by atoms with Crippen molar-refractivity contribution in [3.63, 3.8) is 0 Å². The summed E-state index contributed by atoms with van der Waals surface area (Å²) in [6.07, 6.45) is 1.60. The SMILES string of the molecule is CC(C)C(N)CCN(C)C(=O)c1cccc2c1OCCCO2.Cl. The van der Waals surface area contributed by atoms with E-state index < -0.39 is 0 Å². The standard InChI is InChI=1S/C17H26N2O3.ClH/c1-12(2)14(18)8-9-19(3)17(20)13-6-4-7-15-16(13)22-11-5-10-21-15;/h4,6-7,12,14H,5,8-11,18H2,1-3H3;1H. The molecule has 0 saturated carbocycles. The lowest BCUT2D eigenvalue weighted by Gasteiger charge is -2.22. The number of fused-ring (bicyclic) bond motifs is 1. The first-order valence-corrected chi connectivity index (χ1v) is 7.90. The predicted octanol–water partition coefficient (Wildman–Crippen LogP) is 2.72. The molecule has 2 rings (SSSR count). The van der Waals surface area contributed by atoms with Crippen LogP contribution < -0.4 is 15.2 Å². The second kappa shape index (κ2) is 8.99. The van der Waals surface area contributed by atoms with Gasteiger partial charge in [-0.15, -0.1) is 12.4 Å². The van der Waals surface area contributed by atoms with Gasteiger partial charge in [-0.05, 0) is 24.5 Å². The molecule has 1 aliphatic heterocycles. The first-order valence-electron chi connectivity index (χ1n) is 7.90. The summed E-state index contributed by atoms with van der Waals surface area (Å²) >= 11 is 0. The molecule has 1 heterocycles. The first kappa shape index (κ1) is 19.6. The van der Waals surface area contributed by atoms with E-state index in [-0.39, 0.29) is 24.4 Å². The van der Waals surface area contributed by atoms with Crippen molar-refractivity contribution < 1.29 is 14.3 Å². The van der Waals surface area contributed by atoms with Gasteiger partial charge in [-0.3, -0.25) is 4.79 Å². The smallest absolute Gasteiger partial charge is 0.257 e. The number of carbonyl (C=O) groups is 1. The number of rotatable bonds is 5. The zero-order valence-corrected chi connectivity index (χ0v) is 14.9. The number of ether oxygens (including phenoxy) is 2. The van der Waals surface area contributed by atoms with Crippen LogP contribution in [-0.2, 0) is 0 Å². The van der Waals surface area contributed by atoms with Crippen LogP contribution in [-0.4, -0.2) is 43.7 Å². The lowest BCUT2D eigenvalue weighted by molar-refractivity contribution is 0.0784. The molecule has 0 radical (unpaired) electrons. The minimum Gasteiger partial charge on any atom is -0.490 e. The van der Waals surface area contributed by atoms with Crippen LogP contribution in [0.5, 0.6) is 11.5 Å². The lowest BCUT2D eigenvalue weighted by Crippen LogP contribution is -2.34. The van der Waals surface area contributed by atoms with Crippen molar-refractivity contribution in [1.82, 2.24) is 4.90 Å². The molecule has 130 valence electrons. The number of hydrogen-bond acceptors (Lipinski definition) is 4. The Hall–Kier alpha value is -1.46. The number of benzene rings is 1. The molecule has 0 spiro atoms. The summed E-state index contributed by atoms with van der Waals surface area (Å²) in [5.41, 5.74) is 6.61. The Balaban J connectivity index is 0.00000264.